The van der Waals surface area contributed by atoms with Gasteiger partial charge in [0.2, 0.25) is 0 Å². The van der Waals surface area contributed by atoms with Crippen molar-refractivity contribution in [2.45, 2.75) is 45.6 Å². The molecule has 0 spiro atoms. The van der Waals surface area contributed by atoms with E-state index in [2.05, 4.69) is 62.9 Å². The van der Waals surface area contributed by atoms with Crippen LogP contribution in [-0.2, 0) is 5.41 Å². The Morgan fingerprint density at radius 2 is 1.68 bits per heavy atom. The first-order chi connectivity index (χ1) is 8.81. The molecule has 2 nitrogen and oxygen atoms in total. The Hall–Kier alpha value is -1.33. The lowest BCUT2D eigenvalue weighted by Gasteiger charge is -2.29. The summed E-state index contributed by atoms with van der Waals surface area (Å²) in [5, 5.41) is 9.31. The van der Waals surface area contributed by atoms with Gasteiger partial charge in [-0.15, -0.1) is 0 Å². The molecule has 0 aliphatic heterocycles. The molecule has 2 unspecified atom stereocenters. The zero-order valence-corrected chi connectivity index (χ0v) is 13.1. The van der Waals surface area contributed by atoms with Crippen molar-refractivity contribution in [1.29, 1.82) is 5.26 Å². The molecular formula is C17H26N2. The lowest BCUT2D eigenvalue weighted by molar-refractivity contribution is 0.241. The Morgan fingerprint density at radius 1 is 1.16 bits per heavy atom. The SMILES string of the molecule is CCC(C#N)C(c1ccc(C(C)(C)C)cc1)N(C)C. The monoisotopic (exact) mass is 258 g/mol. The van der Waals surface area contributed by atoms with E-state index in [1.54, 1.807) is 0 Å². The summed E-state index contributed by atoms with van der Waals surface area (Å²) in [6.45, 7) is 8.73. The molecule has 0 N–H and O–H groups in total. The van der Waals surface area contributed by atoms with Crippen LogP contribution >= 0.6 is 0 Å². The van der Waals surface area contributed by atoms with Gasteiger partial charge in [-0.25, -0.2) is 0 Å². The maximum atomic E-state index is 9.31. The van der Waals surface area contributed by atoms with Gasteiger partial charge in [0.05, 0.1) is 18.0 Å². The Labute approximate surface area is 118 Å². The van der Waals surface area contributed by atoms with Crippen LogP contribution in [0.1, 0.15) is 51.3 Å². The van der Waals surface area contributed by atoms with Gasteiger partial charge in [-0.3, -0.25) is 0 Å². The van der Waals surface area contributed by atoms with Crippen molar-refractivity contribution in [2.75, 3.05) is 14.1 Å². The highest BCUT2D eigenvalue weighted by atomic mass is 15.1. The van der Waals surface area contributed by atoms with Crippen LogP contribution < -0.4 is 0 Å². The van der Waals surface area contributed by atoms with Crippen molar-refractivity contribution >= 4 is 0 Å². The van der Waals surface area contributed by atoms with Gasteiger partial charge in [0, 0.05) is 0 Å². The predicted octanol–water partition coefficient (Wildman–Crippen LogP) is 4.14. The Kier molecular flexibility index (Phi) is 5.14. The average molecular weight is 258 g/mol. The molecule has 104 valence electrons. The number of hydrogen-bond donors (Lipinski definition) is 0. The maximum absolute atomic E-state index is 9.31. The molecule has 0 bridgehead atoms. The van der Waals surface area contributed by atoms with Crippen LogP contribution in [0.25, 0.3) is 0 Å². The number of nitrogens with zero attached hydrogens (tertiary/aromatic N) is 2. The quantitative estimate of drug-likeness (QED) is 0.811. The van der Waals surface area contributed by atoms with Crippen molar-refractivity contribution in [1.82, 2.24) is 4.90 Å². The van der Waals surface area contributed by atoms with E-state index in [1.807, 2.05) is 14.1 Å². The molecule has 19 heavy (non-hydrogen) atoms. The van der Waals surface area contributed by atoms with E-state index in [4.69, 9.17) is 0 Å². The van der Waals surface area contributed by atoms with Gasteiger partial charge in [0.15, 0.2) is 0 Å². The third kappa shape index (κ3) is 3.81. The zero-order chi connectivity index (χ0) is 14.6. The van der Waals surface area contributed by atoms with Crippen molar-refractivity contribution < 1.29 is 0 Å². The van der Waals surface area contributed by atoms with Gasteiger partial charge in [-0.2, -0.15) is 5.26 Å². The molecule has 0 saturated carbocycles. The van der Waals surface area contributed by atoms with Crippen LogP contribution in [0.2, 0.25) is 0 Å². The molecule has 1 aromatic rings. The molecular weight excluding hydrogens is 232 g/mol. The van der Waals surface area contributed by atoms with E-state index in [0.717, 1.165) is 6.42 Å². The highest BCUT2D eigenvalue weighted by Crippen LogP contribution is 2.30. The minimum Gasteiger partial charge on any atom is -0.301 e. The van der Waals surface area contributed by atoms with Gasteiger partial charge >= 0.3 is 0 Å². The summed E-state index contributed by atoms with van der Waals surface area (Å²) in [6.07, 6.45) is 0.875. The third-order valence-corrected chi connectivity index (χ3v) is 3.66. The Morgan fingerprint density at radius 3 is 2.00 bits per heavy atom. The first kappa shape index (κ1) is 15.7. The molecule has 0 aliphatic rings. The van der Waals surface area contributed by atoms with Crippen LogP contribution in [0.15, 0.2) is 24.3 Å². The summed E-state index contributed by atoms with van der Waals surface area (Å²) >= 11 is 0. The summed E-state index contributed by atoms with van der Waals surface area (Å²) < 4.78 is 0. The number of rotatable bonds is 4. The molecule has 1 rings (SSSR count). The largest absolute Gasteiger partial charge is 0.301 e. The highest BCUT2D eigenvalue weighted by Gasteiger charge is 2.24. The fraction of sp³-hybridized carbons (Fsp3) is 0.588. The zero-order valence-electron chi connectivity index (χ0n) is 13.1. The van der Waals surface area contributed by atoms with Crippen molar-refractivity contribution in [2.24, 2.45) is 5.92 Å². The van der Waals surface area contributed by atoms with E-state index in [0.29, 0.717) is 0 Å². The normalized spacial score (nSPS) is 15.1. The molecule has 0 aliphatic carbocycles. The van der Waals surface area contributed by atoms with Crippen LogP contribution in [0.3, 0.4) is 0 Å². The second-order valence-corrected chi connectivity index (χ2v) is 6.42. The summed E-state index contributed by atoms with van der Waals surface area (Å²) in [4.78, 5) is 2.14. The summed E-state index contributed by atoms with van der Waals surface area (Å²) in [5.41, 5.74) is 2.73. The lowest BCUT2D eigenvalue weighted by Crippen LogP contribution is -2.26. The topological polar surface area (TPSA) is 27.0 Å². The molecule has 1 aromatic carbocycles. The molecule has 0 heterocycles. The van der Waals surface area contributed by atoms with E-state index >= 15 is 0 Å². The van der Waals surface area contributed by atoms with Crippen molar-refractivity contribution in [3.05, 3.63) is 35.4 Å². The van der Waals surface area contributed by atoms with Crippen LogP contribution in [0.4, 0.5) is 0 Å². The molecule has 0 saturated heterocycles. The van der Waals surface area contributed by atoms with Crippen LogP contribution in [-0.4, -0.2) is 19.0 Å². The standard InChI is InChI=1S/C17H26N2/c1-7-13(12-18)16(19(5)6)14-8-10-15(11-9-14)17(2,3)4/h8-11,13,16H,7H2,1-6H3. The van der Waals surface area contributed by atoms with Gasteiger partial charge < -0.3 is 4.90 Å². The first-order valence-electron chi connectivity index (χ1n) is 6.97. The Bertz CT molecular complexity index is 432. The molecule has 0 radical (unpaired) electrons. The predicted molar refractivity (Wildman–Crippen MR) is 81.0 cm³/mol. The average Bonchev–Trinajstić information content (AvgIpc) is 2.34. The van der Waals surface area contributed by atoms with Gasteiger partial charge in [0.25, 0.3) is 0 Å². The fourth-order valence-corrected chi connectivity index (χ4v) is 2.46. The molecule has 0 fully saturated rings. The molecule has 2 heteroatoms. The van der Waals surface area contributed by atoms with Crippen molar-refractivity contribution in [3.8, 4) is 6.07 Å². The molecule has 2 atom stereocenters. The second kappa shape index (κ2) is 6.21. The van der Waals surface area contributed by atoms with E-state index < -0.39 is 0 Å². The van der Waals surface area contributed by atoms with Gasteiger partial charge in [0.1, 0.15) is 0 Å². The summed E-state index contributed by atoms with van der Waals surface area (Å²) in [7, 11) is 4.09. The van der Waals surface area contributed by atoms with E-state index in [9.17, 15) is 5.26 Å². The number of hydrogen-bond acceptors (Lipinski definition) is 2. The van der Waals surface area contributed by atoms with E-state index in [-0.39, 0.29) is 17.4 Å². The van der Waals surface area contributed by atoms with Crippen molar-refractivity contribution in [3.63, 3.8) is 0 Å². The minimum atomic E-state index is 0.0375. The molecule has 0 aromatic heterocycles. The summed E-state index contributed by atoms with van der Waals surface area (Å²) in [6, 6.07) is 11.3. The van der Waals surface area contributed by atoms with Crippen LogP contribution in [0.5, 0.6) is 0 Å². The smallest absolute Gasteiger partial charge is 0.0675 e. The lowest BCUT2D eigenvalue weighted by atomic mass is 9.84. The third-order valence-electron chi connectivity index (χ3n) is 3.66. The molecule has 0 amide bonds. The number of nitriles is 1. The second-order valence-electron chi connectivity index (χ2n) is 6.42. The fourth-order valence-electron chi connectivity index (χ4n) is 2.46. The first-order valence-corrected chi connectivity index (χ1v) is 6.97. The highest BCUT2D eigenvalue weighted by molar-refractivity contribution is 5.30. The minimum absolute atomic E-state index is 0.0375. The van der Waals surface area contributed by atoms with Gasteiger partial charge in [-0.1, -0.05) is 52.0 Å². The van der Waals surface area contributed by atoms with Gasteiger partial charge in [-0.05, 0) is 37.1 Å². The van der Waals surface area contributed by atoms with Crippen LogP contribution in [0, 0.1) is 17.2 Å². The summed E-state index contributed by atoms with van der Waals surface area (Å²) in [5.74, 6) is 0.0375. The number of benzene rings is 1. The Balaban J connectivity index is 3.09. The van der Waals surface area contributed by atoms with E-state index in [1.165, 1.54) is 11.1 Å². The maximum Gasteiger partial charge on any atom is 0.0675 e.